The Morgan fingerprint density at radius 2 is 2.06 bits per heavy atom. The van der Waals surface area contributed by atoms with E-state index in [0.717, 1.165) is 20.1 Å². The van der Waals surface area contributed by atoms with Gasteiger partial charge in [0.25, 0.3) is 0 Å². The Kier molecular flexibility index (Phi) is 4.26. The van der Waals surface area contributed by atoms with Crippen LogP contribution in [0.3, 0.4) is 0 Å². The van der Waals surface area contributed by atoms with Crippen molar-refractivity contribution in [2.75, 3.05) is 0 Å². The molecule has 1 unspecified atom stereocenters. The third kappa shape index (κ3) is 3.41. The molecular formula is C13H16BrNOS2. The van der Waals surface area contributed by atoms with Crippen LogP contribution in [0.25, 0.3) is 0 Å². The van der Waals surface area contributed by atoms with Crippen molar-refractivity contribution in [2.45, 2.75) is 38.7 Å². The van der Waals surface area contributed by atoms with Crippen LogP contribution in [0.2, 0.25) is 0 Å². The summed E-state index contributed by atoms with van der Waals surface area (Å²) in [6, 6.07) is 1.97. The van der Waals surface area contributed by atoms with Crippen LogP contribution in [0.1, 0.15) is 43.1 Å². The van der Waals surface area contributed by atoms with Gasteiger partial charge in [-0.2, -0.15) is 0 Å². The van der Waals surface area contributed by atoms with E-state index in [-0.39, 0.29) is 5.41 Å². The van der Waals surface area contributed by atoms with Gasteiger partial charge in [0.15, 0.2) is 0 Å². The fourth-order valence-electron chi connectivity index (χ4n) is 1.53. The van der Waals surface area contributed by atoms with Gasteiger partial charge < -0.3 is 5.11 Å². The maximum absolute atomic E-state index is 10.2. The Balaban J connectivity index is 2.08. The van der Waals surface area contributed by atoms with Crippen molar-refractivity contribution in [3.05, 3.63) is 36.9 Å². The Hall–Kier alpha value is -0.230. The first-order valence-electron chi connectivity index (χ1n) is 5.73. The first-order valence-corrected chi connectivity index (χ1v) is 8.28. The number of hydrogen-bond donors (Lipinski definition) is 1. The lowest BCUT2D eigenvalue weighted by Gasteiger charge is -2.14. The van der Waals surface area contributed by atoms with Crippen LogP contribution in [-0.4, -0.2) is 10.1 Å². The van der Waals surface area contributed by atoms with Gasteiger partial charge in [-0.25, -0.2) is 4.98 Å². The number of halogens is 1. The molecule has 0 aliphatic heterocycles. The van der Waals surface area contributed by atoms with Crippen LogP contribution < -0.4 is 0 Å². The molecule has 2 nitrogen and oxygen atoms in total. The highest BCUT2D eigenvalue weighted by molar-refractivity contribution is 9.11. The molecule has 2 aromatic heterocycles. The average molecular weight is 346 g/mol. The molecule has 18 heavy (non-hydrogen) atoms. The Bertz CT molecular complexity index is 527. The molecule has 2 heterocycles. The number of rotatable bonds is 3. The SMILES string of the molecule is CC(C)(C)c1csc(CC(O)c2csc(Br)c2)n1. The van der Waals surface area contributed by atoms with Gasteiger partial charge in [0, 0.05) is 17.2 Å². The molecule has 1 N–H and O–H groups in total. The van der Waals surface area contributed by atoms with Crippen LogP contribution in [0, 0.1) is 0 Å². The summed E-state index contributed by atoms with van der Waals surface area (Å²) in [6.45, 7) is 6.45. The van der Waals surface area contributed by atoms with Crippen molar-refractivity contribution in [3.63, 3.8) is 0 Å². The van der Waals surface area contributed by atoms with Crippen molar-refractivity contribution in [3.8, 4) is 0 Å². The normalized spacial score (nSPS) is 13.8. The van der Waals surface area contributed by atoms with E-state index < -0.39 is 6.10 Å². The maximum atomic E-state index is 10.2. The first-order chi connectivity index (χ1) is 8.36. The van der Waals surface area contributed by atoms with Crippen molar-refractivity contribution >= 4 is 38.6 Å². The molecule has 2 rings (SSSR count). The predicted octanol–water partition coefficient (Wildman–Crippen LogP) is 4.54. The molecule has 0 fully saturated rings. The zero-order valence-electron chi connectivity index (χ0n) is 10.6. The highest BCUT2D eigenvalue weighted by Crippen LogP contribution is 2.29. The summed E-state index contributed by atoms with van der Waals surface area (Å²) < 4.78 is 1.05. The average Bonchev–Trinajstić information content (AvgIpc) is 2.85. The van der Waals surface area contributed by atoms with Gasteiger partial charge in [-0.3, -0.25) is 0 Å². The molecule has 0 radical (unpaired) electrons. The van der Waals surface area contributed by atoms with Crippen molar-refractivity contribution in [1.29, 1.82) is 0 Å². The van der Waals surface area contributed by atoms with E-state index in [9.17, 15) is 5.11 Å². The van der Waals surface area contributed by atoms with Crippen LogP contribution >= 0.6 is 38.6 Å². The van der Waals surface area contributed by atoms with Gasteiger partial charge in [0.05, 0.1) is 20.6 Å². The van der Waals surface area contributed by atoms with Crippen molar-refractivity contribution < 1.29 is 5.11 Å². The predicted molar refractivity (Wildman–Crippen MR) is 81.5 cm³/mol. The van der Waals surface area contributed by atoms with E-state index in [1.807, 2.05) is 11.4 Å². The molecule has 1 atom stereocenters. The number of thiophene rings is 1. The lowest BCUT2D eigenvalue weighted by atomic mass is 9.93. The lowest BCUT2D eigenvalue weighted by Crippen LogP contribution is -2.11. The molecule has 2 aromatic rings. The molecule has 0 saturated heterocycles. The summed E-state index contributed by atoms with van der Waals surface area (Å²) in [4.78, 5) is 4.60. The molecule has 0 bridgehead atoms. The molecule has 0 spiro atoms. The molecule has 0 aliphatic carbocycles. The quantitative estimate of drug-likeness (QED) is 0.885. The molecule has 0 saturated carbocycles. The largest absolute Gasteiger partial charge is 0.388 e. The third-order valence-corrected chi connectivity index (χ3v) is 5.05. The van der Waals surface area contributed by atoms with Crippen molar-refractivity contribution in [1.82, 2.24) is 4.98 Å². The van der Waals surface area contributed by atoms with Crippen LogP contribution in [-0.2, 0) is 11.8 Å². The lowest BCUT2D eigenvalue weighted by molar-refractivity contribution is 0.178. The van der Waals surface area contributed by atoms with Gasteiger partial charge in [-0.05, 0) is 32.9 Å². The summed E-state index contributed by atoms with van der Waals surface area (Å²) in [5.41, 5.74) is 2.13. The summed E-state index contributed by atoms with van der Waals surface area (Å²) >= 11 is 6.63. The highest BCUT2D eigenvalue weighted by Gasteiger charge is 2.19. The minimum absolute atomic E-state index is 0.0745. The third-order valence-electron chi connectivity index (χ3n) is 2.66. The van der Waals surface area contributed by atoms with Gasteiger partial charge in [0.2, 0.25) is 0 Å². The van der Waals surface area contributed by atoms with E-state index in [0.29, 0.717) is 6.42 Å². The zero-order chi connectivity index (χ0) is 13.3. The number of nitrogens with zero attached hydrogens (tertiary/aromatic N) is 1. The summed E-state index contributed by atoms with van der Waals surface area (Å²) in [5.74, 6) is 0. The number of aliphatic hydroxyl groups is 1. The molecule has 0 aliphatic rings. The van der Waals surface area contributed by atoms with Crippen LogP contribution in [0.5, 0.6) is 0 Å². The number of aromatic nitrogens is 1. The zero-order valence-corrected chi connectivity index (χ0v) is 13.8. The number of hydrogen-bond acceptors (Lipinski definition) is 4. The van der Waals surface area contributed by atoms with E-state index in [1.165, 1.54) is 0 Å². The Morgan fingerprint density at radius 3 is 2.56 bits per heavy atom. The molecule has 5 heteroatoms. The van der Waals surface area contributed by atoms with E-state index in [1.54, 1.807) is 22.7 Å². The Morgan fingerprint density at radius 1 is 1.33 bits per heavy atom. The van der Waals surface area contributed by atoms with Crippen LogP contribution in [0.4, 0.5) is 0 Å². The summed E-state index contributed by atoms with van der Waals surface area (Å²) in [5, 5.41) is 15.2. The minimum Gasteiger partial charge on any atom is -0.388 e. The minimum atomic E-state index is -0.466. The second-order valence-corrected chi connectivity index (χ2v) is 8.51. The monoisotopic (exact) mass is 345 g/mol. The standard InChI is InChI=1S/C13H16BrNOS2/c1-13(2,3)10-7-18-12(15-10)5-9(16)8-4-11(14)17-6-8/h4,6-7,9,16H,5H2,1-3H3. The number of thiazole rings is 1. The summed E-state index contributed by atoms with van der Waals surface area (Å²) in [6.07, 6.45) is 0.121. The first kappa shape index (κ1) is 14.2. The summed E-state index contributed by atoms with van der Waals surface area (Å²) in [7, 11) is 0. The van der Waals surface area contributed by atoms with Gasteiger partial charge in [-0.1, -0.05) is 20.8 Å². The highest BCUT2D eigenvalue weighted by atomic mass is 79.9. The molecule has 0 aromatic carbocycles. The van der Waals surface area contributed by atoms with Crippen LogP contribution in [0.15, 0.2) is 20.6 Å². The fourth-order valence-corrected chi connectivity index (χ4v) is 3.81. The van der Waals surface area contributed by atoms with Gasteiger partial charge >= 0.3 is 0 Å². The van der Waals surface area contributed by atoms with E-state index in [4.69, 9.17) is 0 Å². The molecular weight excluding hydrogens is 330 g/mol. The topological polar surface area (TPSA) is 33.1 Å². The van der Waals surface area contributed by atoms with Gasteiger partial charge in [0.1, 0.15) is 0 Å². The second-order valence-electron chi connectivity index (χ2n) is 5.28. The smallest absolute Gasteiger partial charge is 0.0957 e. The van der Waals surface area contributed by atoms with E-state index in [2.05, 4.69) is 47.1 Å². The van der Waals surface area contributed by atoms with Gasteiger partial charge in [-0.15, -0.1) is 22.7 Å². The second kappa shape index (κ2) is 5.41. The Labute approximate surface area is 124 Å². The molecule has 0 amide bonds. The fraction of sp³-hybridized carbons (Fsp3) is 0.462. The van der Waals surface area contributed by atoms with Crippen molar-refractivity contribution in [2.24, 2.45) is 0 Å². The van der Waals surface area contributed by atoms with E-state index >= 15 is 0 Å². The number of aliphatic hydroxyl groups excluding tert-OH is 1. The maximum Gasteiger partial charge on any atom is 0.0957 e. The molecule has 98 valence electrons.